The lowest BCUT2D eigenvalue weighted by Gasteiger charge is -2.32. The third-order valence-corrected chi connectivity index (χ3v) is 4.00. The van der Waals surface area contributed by atoms with E-state index in [9.17, 15) is 9.59 Å². The number of nitrogens with one attached hydrogen (secondary N) is 1. The number of carbonyl (C=O) groups is 2. The van der Waals surface area contributed by atoms with E-state index in [1.807, 2.05) is 43.0 Å². The summed E-state index contributed by atoms with van der Waals surface area (Å²) in [5.41, 5.74) is 1.80. The minimum atomic E-state index is 0.103. The molecule has 0 spiro atoms. The van der Waals surface area contributed by atoms with Crippen molar-refractivity contribution < 1.29 is 9.59 Å². The molecule has 2 amide bonds. The summed E-state index contributed by atoms with van der Waals surface area (Å²) in [4.78, 5) is 26.0. The van der Waals surface area contributed by atoms with E-state index in [0.717, 1.165) is 30.4 Å². The maximum atomic E-state index is 12.5. The lowest BCUT2D eigenvalue weighted by molar-refractivity contribution is -0.122. The fourth-order valence-electron chi connectivity index (χ4n) is 2.74. The first-order valence-electron chi connectivity index (χ1n) is 7.76. The van der Waals surface area contributed by atoms with Gasteiger partial charge in [0.2, 0.25) is 5.91 Å². The van der Waals surface area contributed by atoms with Gasteiger partial charge >= 0.3 is 0 Å². The Morgan fingerprint density at radius 3 is 2.52 bits per heavy atom. The van der Waals surface area contributed by atoms with Crippen LogP contribution in [0.1, 0.15) is 48.5 Å². The minimum absolute atomic E-state index is 0.103. The summed E-state index contributed by atoms with van der Waals surface area (Å²) in [6.07, 6.45) is 3.14. The first kappa shape index (κ1) is 15.5. The highest BCUT2D eigenvalue weighted by molar-refractivity contribution is 5.95. The highest BCUT2D eigenvalue weighted by Crippen LogP contribution is 2.16. The van der Waals surface area contributed by atoms with Crippen LogP contribution in [0.15, 0.2) is 24.3 Å². The van der Waals surface area contributed by atoms with Crippen LogP contribution in [0, 0.1) is 6.92 Å². The number of hydrogen-bond acceptors (Lipinski definition) is 2. The van der Waals surface area contributed by atoms with Gasteiger partial charge in [0.25, 0.3) is 5.91 Å². The molecule has 0 aromatic heterocycles. The second kappa shape index (κ2) is 7.25. The van der Waals surface area contributed by atoms with Crippen molar-refractivity contribution >= 4 is 11.8 Å². The topological polar surface area (TPSA) is 49.4 Å². The smallest absolute Gasteiger partial charge is 0.254 e. The standard InChI is InChI=1S/C17H24N2O2/c1-3-6-16(20)18-14-9-11-19(12-10-14)17(21)15-8-5-4-7-13(15)2/h4-5,7-8,14H,3,6,9-12H2,1-2H3,(H,18,20). The Morgan fingerprint density at radius 2 is 1.90 bits per heavy atom. The molecular weight excluding hydrogens is 264 g/mol. The van der Waals surface area contributed by atoms with Crippen molar-refractivity contribution in [3.05, 3.63) is 35.4 Å². The molecule has 4 heteroatoms. The van der Waals surface area contributed by atoms with Crippen LogP contribution in [0.25, 0.3) is 0 Å². The van der Waals surface area contributed by atoms with Crippen LogP contribution in [0.2, 0.25) is 0 Å². The highest BCUT2D eigenvalue weighted by atomic mass is 16.2. The van der Waals surface area contributed by atoms with Crippen LogP contribution in [0.5, 0.6) is 0 Å². The molecular formula is C17H24N2O2. The molecule has 0 bridgehead atoms. The van der Waals surface area contributed by atoms with E-state index in [0.29, 0.717) is 19.5 Å². The maximum absolute atomic E-state index is 12.5. The Labute approximate surface area is 126 Å². The maximum Gasteiger partial charge on any atom is 0.254 e. The summed E-state index contributed by atoms with van der Waals surface area (Å²) in [7, 11) is 0. The van der Waals surface area contributed by atoms with E-state index in [-0.39, 0.29) is 17.9 Å². The molecule has 1 saturated heterocycles. The molecule has 1 aromatic rings. The Balaban J connectivity index is 1.88. The van der Waals surface area contributed by atoms with Crippen LogP contribution >= 0.6 is 0 Å². The van der Waals surface area contributed by atoms with Crippen LogP contribution in [-0.4, -0.2) is 35.8 Å². The van der Waals surface area contributed by atoms with Gasteiger partial charge in [0.1, 0.15) is 0 Å². The number of amides is 2. The molecule has 21 heavy (non-hydrogen) atoms. The number of aryl methyl sites for hydroxylation is 1. The van der Waals surface area contributed by atoms with Gasteiger partial charge in [0.15, 0.2) is 0 Å². The number of benzene rings is 1. The average molecular weight is 288 g/mol. The first-order valence-corrected chi connectivity index (χ1v) is 7.76. The van der Waals surface area contributed by atoms with E-state index in [4.69, 9.17) is 0 Å². The molecule has 1 heterocycles. The van der Waals surface area contributed by atoms with Gasteiger partial charge in [0, 0.05) is 31.1 Å². The van der Waals surface area contributed by atoms with Crippen molar-refractivity contribution in [1.82, 2.24) is 10.2 Å². The molecule has 0 saturated carbocycles. The number of carbonyl (C=O) groups excluding carboxylic acids is 2. The molecule has 1 aromatic carbocycles. The molecule has 0 atom stereocenters. The number of piperidine rings is 1. The van der Waals surface area contributed by atoms with Crippen molar-refractivity contribution in [2.75, 3.05) is 13.1 Å². The molecule has 0 radical (unpaired) electrons. The lowest BCUT2D eigenvalue weighted by atomic mass is 10.0. The van der Waals surface area contributed by atoms with Crippen LogP contribution in [0.4, 0.5) is 0 Å². The molecule has 114 valence electrons. The zero-order valence-electron chi connectivity index (χ0n) is 12.9. The van der Waals surface area contributed by atoms with E-state index >= 15 is 0 Å². The van der Waals surface area contributed by atoms with Crippen molar-refractivity contribution in [2.24, 2.45) is 0 Å². The predicted molar refractivity (Wildman–Crippen MR) is 83.2 cm³/mol. The van der Waals surface area contributed by atoms with Crippen LogP contribution in [-0.2, 0) is 4.79 Å². The third-order valence-electron chi connectivity index (χ3n) is 4.00. The van der Waals surface area contributed by atoms with Gasteiger partial charge in [-0.1, -0.05) is 25.1 Å². The second-order valence-electron chi connectivity index (χ2n) is 5.70. The van der Waals surface area contributed by atoms with Gasteiger partial charge in [-0.05, 0) is 37.8 Å². The highest BCUT2D eigenvalue weighted by Gasteiger charge is 2.24. The van der Waals surface area contributed by atoms with E-state index < -0.39 is 0 Å². The number of likely N-dealkylation sites (tertiary alicyclic amines) is 1. The monoisotopic (exact) mass is 288 g/mol. The minimum Gasteiger partial charge on any atom is -0.353 e. The zero-order chi connectivity index (χ0) is 15.2. The number of rotatable bonds is 4. The summed E-state index contributed by atoms with van der Waals surface area (Å²) in [6.45, 7) is 5.39. The Bertz CT molecular complexity index is 505. The second-order valence-corrected chi connectivity index (χ2v) is 5.70. The number of hydrogen-bond donors (Lipinski definition) is 1. The molecule has 1 aliphatic heterocycles. The fourth-order valence-corrected chi connectivity index (χ4v) is 2.74. The molecule has 0 unspecified atom stereocenters. The Kier molecular flexibility index (Phi) is 5.37. The predicted octanol–water partition coefficient (Wildman–Crippen LogP) is 2.52. The van der Waals surface area contributed by atoms with Gasteiger partial charge in [-0.3, -0.25) is 9.59 Å². The number of nitrogens with zero attached hydrogens (tertiary/aromatic N) is 1. The van der Waals surface area contributed by atoms with Crippen LogP contribution in [0.3, 0.4) is 0 Å². The Hall–Kier alpha value is -1.84. The van der Waals surface area contributed by atoms with E-state index in [2.05, 4.69) is 5.32 Å². The zero-order valence-corrected chi connectivity index (χ0v) is 12.9. The average Bonchev–Trinajstić information content (AvgIpc) is 2.48. The fraction of sp³-hybridized carbons (Fsp3) is 0.529. The molecule has 1 aliphatic rings. The Morgan fingerprint density at radius 1 is 1.24 bits per heavy atom. The van der Waals surface area contributed by atoms with Gasteiger partial charge in [-0.2, -0.15) is 0 Å². The molecule has 1 fully saturated rings. The summed E-state index contributed by atoms with van der Waals surface area (Å²) < 4.78 is 0. The quantitative estimate of drug-likeness (QED) is 0.925. The third kappa shape index (κ3) is 4.06. The SMILES string of the molecule is CCCC(=O)NC1CCN(C(=O)c2ccccc2C)CC1. The van der Waals surface area contributed by atoms with Gasteiger partial charge < -0.3 is 10.2 Å². The summed E-state index contributed by atoms with van der Waals surface area (Å²) in [5.74, 6) is 0.229. The molecule has 0 aliphatic carbocycles. The first-order chi connectivity index (χ1) is 10.1. The normalized spacial score (nSPS) is 15.8. The van der Waals surface area contributed by atoms with Gasteiger partial charge in [-0.25, -0.2) is 0 Å². The molecule has 1 N–H and O–H groups in total. The summed E-state index contributed by atoms with van der Waals surface area (Å²) in [6, 6.07) is 7.90. The van der Waals surface area contributed by atoms with Gasteiger partial charge in [0.05, 0.1) is 0 Å². The summed E-state index contributed by atoms with van der Waals surface area (Å²) in [5, 5.41) is 3.05. The lowest BCUT2D eigenvalue weighted by Crippen LogP contribution is -2.46. The van der Waals surface area contributed by atoms with Gasteiger partial charge in [-0.15, -0.1) is 0 Å². The van der Waals surface area contributed by atoms with Crippen molar-refractivity contribution in [2.45, 2.75) is 45.6 Å². The van der Waals surface area contributed by atoms with E-state index in [1.54, 1.807) is 0 Å². The van der Waals surface area contributed by atoms with Crippen molar-refractivity contribution in [1.29, 1.82) is 0 Å². The molecule has 2 rings (SSSR count). The molecule has 4 nitrogen and oxygen atoms in total. The van der Waals surface area contributed by atoms with E-state index in [1.165, 1.54) is 0 Å². The largest absolute Gasteiger partial charge is 0.353 e. The van der Waals surface area contributed by atoms with Crippen LogP contribution < -0.4 is 5.32 Å². The van der Waals surface area contributed by atoms with Crippen molar-refractivity contribution in [3.8, 4) is 0 Å². The van der Waals surface area contributed by atoms with Crippen molar-refractivity contribution in [3.63, 3.8) is 0 Å². The summed E-state index contributed by atoms with van der Waals surface area (Å²) >= 11 is 0.